The van der Waals surface area contributed by atoms with Crippen LogP contribution in [0.2, 0.25) is 0 Å². The number of hydrogen-bond acceptors (Lipinski definition) is 5. The van der Waals surface area contributed by atoms with Gasteiger partial charge in [0.25, 0.3) is 0 Å². The molecule has 0 radical (unpaired) electrons. The van der Waals surface area contributed by atoms with Crippen molar-refractivity contribution >= 4 is 22.4 Å². The Bertz CT molecular complexity index is 324. The number of carbonyl (C=O) groups is 2. The lowest BCUT2D eigenvalue weighted by molar-refractivity contribution is -0.138. The summed E-state index contributed by atoms with van der Waals surface area (Å²) in [6, 6.07) is 0. The van der Waals surface area contributed by atoms with Crippen LogP contribution in [0.3, 0.4) is 0 Å². The summed E-state index contributed by atoms with van der Waals surface area (Å²) in [5, 5.41) is 0. The molecular formula is C16H28O5Si. The van der Waals surface area contributed by atoms with E-state index < -0.39 is 0 Å². The number of hydrogen-bond donors (Lipinski definition) is 0. The van der Waals surface area contributed by atoms with E-state index in [0.717, 1.165) is 32.1 Å². The molecule has 0 aliphatic rings. The van der Waals surface area contributed by atoms with Crippen molar-refractivity contribution in [1.29, 1.82) is 0 Å². The second-order valence-corrected chi connectivity index (χ2v) is 5.44. The maximum atomic E-state index is 11.0. The van der Waals surface area contributed by atoms with E-state index in [2.05, 4.69) is 20.1 Å². The first-order chi connectivity index (χ1) is 10.6. The van der Waals surface area contributed by atoms with Crippen LogP contribution in [0.25, 0.3) is 0 Å². The zero-order chi connectivity index (χ0) is 16.8. The van der Waals surface area contributed by atoms with Crippen molar-refractivity contribution in [2.24, 2.45) is 5.92 Å². The second-order valence-electron chi connectivity index (χ2n) is 4.97. The average molecular weight is 328 g/mol. The molecule has 6 heteroatoms. The quantitative estimate of drug-likeness (QED) is 0.223. The molecule has 22 heavy (non-hydrogen) atoms. The summed E-state index contributed by atoms with van der Waals surface area (Å²) in [6.07, 6.45) is 6.92. The van der Waals surface area contributed by atoms with Crippen LogP contribution in [0, 0.1) is 5.92 Å². The highest BCUT2D eigenvalue weighted by Crippen LogP contribution is 2.22. The highest BCUT2D eigenvalue weighted by Gasteiger charge is 2.19. The molecule has 126 valence electrons. The summed E-state index contributed by atoms with van der Waals surface area (Å²) in [5.41, 5.74) is 0. The molecule has 0 fully saturated rings. The maximum Gasteiger partial charge on any atom is 0.330 e. The third-order valence-electron chi connectivity index (χ3n) is 3.49. The summed E-state index contributed by atoms with van der Waals surface area (Å²) in [7, 11) is 0.697. The maximum absolute atomic E-state index is 11.0. The Morgan fingerprint density at radius 1 is 1.05 bits per heavy atom. The number of esters is 2. The van der Waals surface area contributed by atoms with Gasteiger partial charge in [-0.2, -0.15) is 0 Å². The predicted octanol–water partition coefficient (Wildman–Crippen LogP) is 1.70. The van der Waals surface area contributed by atoms with Crippen LogP contribution in [0.1, 0.15) is 39.0 Å². The van der Waals surface area contributed by atoms with Gasteiger partial charge in [-0.1, -0.05) is 20.1 Å². The Balaban J connectivity index is 4.14. The largest absolute Gasteiger partial charge is 0.463 e. The lowest BCUT2D eigenvalue weighted by atomic mass is 9.91. The lowest BCUT2D eigenvalue weighted by Gasteiger charge is -2.25. The molecule has 0 spiro atoms. The summed E-state index contributed by atoms with van der Waals surface area (Å²) in [5.74, 6) is -0.398. The summed E-state index contributed by atoms with van der Waals surface area (Å²) in [6.45, 7) is 9.61. The standard InChI is InChI=1S/C16H28O5Si/c1-4-14(21-22)13(9-7-11-19-15(17)5-2)10-8-12-20-16(18)6-3/h5-6,13-14H,2-4,7-12H2,1,22H3. The van der Waals surface area contributed by atoms with Crippen molar-refractivity contribution < 1.29 is 23.5 Å². The van der Waals surface area contributed by atoms with E-state index in [0.29, 0.717) is 29.6 Å². The second kappa shape index (κ2) is 13.3. The highest BCUT2D eigenvalue weighted by atomic mass is 28.2. The zero-order valence-electron chi connectivity index (χ0n) is 13.7. The number of carbonyl (C=O) groups excluding carboxylic acids is 2. The van der Waals surface area contributed by atoms with Crippen LogP contribution in [-0.4, -0.2) is 41.7 Å². The molecule has 0 aliphatic heterocycles. The summed E-state index contributed by atoms with van der Waals surface area (Å²) in [4.78, 5) is 22.0. The first-order valence-electron chi connectivity index (χ1n) is 7.70. The van der Waals surface area contributed by atoms with Crippen LogP contribution in [0.4, 0.5) is 0 Å². The molecule has 1 unspecified atom stereocenters. The van der Waals surface area contributed by atoms with Crippen LogP contribution < -0.4 is 0 Å². The smallest absolute Gasteiger partial charge is 0.330 e. The Morgan fingerprint density at radius 2 is 1.50 bits per heavy atom. The molecule has 0 heterocycles. The summed E-state index contributed by atoms with van der Waals surface area (Å²) >= 11 is 0. The Kier molecular flexibility index (Phi) is 12.4. The van der Waals surface area contributed by atoms with Crippen molar-refractivity contribution in [3.05, 3.63) is 25.3 Å². The van der Waals surface area contributed by atoms with E-state index in [1.807, 2.05) is 0 Å². The molecule has 0 N–H and O–H groups in total. The third kappa shape index (κ3) is 9.52. The Hall–Kier alpha value is -1.40. The molecule has 1 atom stereocenters. The fraction of sp³-hybridized carbons (Fsp3) is 0.625. The molecular weight excluding hydrogens is 300 g/mol. The molecule has 5 nitrogen and oxygen atoms in total. The van der Waals surface area contributed by atoms with E-state index in [-0.39, 0.29) is 18.0 Å². The van der Waals surface area contributed by atoms with Crippen LogP contribution in [0.15, 0.2) is 25.3 Å². The van der Waals surface area contributed by atoms with Crippen LogP contribution >= 0.6 is 0 Å². The van der Waals surface area contributed by atoms with Gasteiger partial charge in [0.15, 0.2) is 0 Å². The fourth-order valence-electron chi connectivity index (χ4n) is 2.36. The first kappa shape index (κ1) is 20.6. The Labute approximate surface area is 136 Å². The molecule has 0 aromatic rings. The van der Waals surface area contributed by atoms with Gasteiger partial charge in [0, 0.05) is 18.3 Å². The van der Waals surface area contributed by atoms with Crippen molar-refractivity contribution in [1.82, 2.24) is 0 Å². The van der Waals surface area contributed by atoms with E-state index in [4.69, 9.17) is 13.9 Å². The van der Waals surface area contributed by atoms with Gasteiger partial charge in [0.2, 0.25) is 0 Å². The lowest BCUT2D eigenvalue weighted by Crippen LogP contribution is -2.24. The summed E-state index contributed by atoms with van der Waals surface area (Å²) < 4.78 is 15.6. The van der Waals surface area contributed by atoms with Crippen molar-refractivity contribution in [2.75, 3.05) is 13.2 Å². The SMILES string of the molecule is C=CC(=O)OCCCC(CCCOC(=O)C=C)C(CC)O[SiH3]. The molecule has 0 saturated carbocycles. The topological polar surface area (TPSA) is 61.8 Å². The number of ether oxygens (including phenoxy) is 2. The van der Waals surface area contributed by atoms with E-state index in [1.165, 1.54) is 12.2 Å². The molecule has 0 aromatic carbocycles. The average Bonchev–Trinajstić information content (AvgIpc) is 2.54. The van der Waals surface area contributed by atoms with Gasteiger partial charge in [-0.3, -0.25) is 0 Å². The van der Waals surface area contributed by atoms with Crippen molar-refractivity contribution in [2.45, 2.75) is 45.1 Å². The molecule has 0 saturated heterocycles. The molecule has 0 bridgehead atoms. The third-order valence-corrected chi connectivity index (χ3v) is 4.10. The van der Waals surface area contributed by atoms with Gasteiger partial charge in [0.1, 0.15) is 10.5 Å². The van der Waals surface area contributed by atoms with E-state index in [9.17, 15) is 9.59 Å². The molecule has 0 rings (SSSR count). The Morgan fingerprint density at radius 3 is 1.82 bits per heavy atom. The molecule has 0 aliphatic carbocycles. The van der Waals surface area contributed by atoms with E-state index >= 15 is 0 Å². The van der Waals surface area contributed by atoms with Gasteiger partial charge in [-0.05, 0) is 38.0 Å². The minimum absolute atomic E-state index is 0.219. The number of rotatable bonds is 13. The fourth-order valence-corrected chi connectivity index (χ4v) is 3.08. The minimum Gasteiger partial charge on any atom is -0.463 e. The van der Waals surface area contributed by atoms with Gasteiger partial charge in [0.05, 0.1) is 13.2 Å². The van der Waals surface area contributed by atoms with Gasteiger partial charge in [-0.15, -0.1) is 0 Å². The van der Waals surface area contributed by atoms with Crippen molar-refractivity contribution in [3.8, 4) is 0 Å². The zero-order valence-corrected chi connectivity index (χ0v) is 15.7. The van der Waals surface area contributed by atoms with E-state index in [1.54, 1.807) is 0 Å². The molecule has 0 amide bonds. The van der Waals surface area contributed by atoms with Gasteiger partial charge in [-0.25, -0.2) is 9.59 Å². The normalized spacial score (nSPS) is 11.9. The van der Waals surface area contributed by atoms with Crippen molar-refractivity contribution in [3.63, 3.8) is 0 Å². The van der Waals surface area contributed by atoms with Crippen LogP contribution in [-0.2, 0) is 23.5 Å². The monoisotopic (exact) mass is 328 g/mol. The van der Waals surface area contributed by atoms with Gasteiger partial charge < -0.3 is 13.9 Å². The minimum atomic E-state index is -0.390. The first-order valence-corrected chi connectivity index (χ1v) is 8.51. The van der Waals surface area contributed by atoms with Crippen LogP contribution in [0.5, 0.6) is 0 Å². The molecule has 0 aromatic heterocycles. The highest BCUT2D eigenvalue weighted by molar-refractivity contribution is 5.98. The van der Waals surface area contributed by atoms with Gasteiger partial charge >= 0.3 is 11.9 Å². The predicted molar refractivity (Wildman–Crippen MR) is 89.4 cm³/mol.